The Labute approximate surface area is 165 Å². The summed E-state index contributed by atoms with van der Waals surface area (Å²) in [7, 11) is 0. The molecule has 2 spiro atoms. The van der Waals surface area contributed by atoms with Crippen molar-refractivity contribution in [3.05, 3.63) is 63.6 Å². The van der Waals surface area contributed by atoms with Crippen molar-refractivity contribution in [2.45, 2.75) is 43.2 Å². The van der Waals surface area contributed by atoms with E-state index in [0.29, 0.717) is 17.7 Å². The van der Waals surface area contributed by atoms with Gasteiger partial charge < -0.3 is 10.1 Å². The summed E-state index contributed by atoms with van der Waals surface area (Å²) in [6.45, 7) is 0. The maximum atomic E-state index is 12.9. The minimum atomic E-state index is -1.09. The number of imide groups is 1. The highest BCUT2D eigenvalue weighted by molar-refractivity contribution is 9.10. The van der Waals surface area contributed by atoms with Gasteiger partial charge in [0.15, 0.2) is 5.54 Å². The number of amides is 3. The van der Waals surface area contributed by atoms with E-state index in [1.165, 1.54) is 11.1 Å². The normalized spacial score (nSPS) is 28.8. The summed E-state index contributed by atoms with van der Waals surface area (Å²) in [6, 6.07) is 13.6. The van der Waals surface area contributed by atoms with Crippen molar-refractivity contribution < 1.29 is 14.3 Å². The topological polar surface area (TPSA) is 67.4 Å². The van der Waals surface area contributed by atoms with Crippen molar-refractivity contribution in [3.63, 3.8) is 0 Å². The first-order valence-electron chi connectivity index (χ1n) is 9.19. The fourth-order valence-electron chi connectivity index (χ4n) is 4.83. The van der Waals surface area contributed by atoms with Gasteiger partial charge >= 0.3 is 6.03 Å². The third kappa shape index (κ3) is 2.57. The van der Waals surface area contributed by atoms with Crippen LogP contribution in [0.5, 0.6) is 5.75 Å². The van der Waals surface area contributed by atoms with E-state index in [0.717, 1.165) is 30.2 Å². The van der Waals surface area contributed by atoms with Gasteiger partial charge in [0.05, 0.1) is 0 Å². The van der Waals surface area contributed by atoms with Gasteiger partial charge in [0.1, 0.15) is 11.4 Å². The van der Waals surface area contributed by atoms with Gasteiger partial charge in [0, 0.05) is 22.9 Å². The van der Waals surface area contributed by atoms with E-state index in [1.807, 2.05) is 24.3 Å². The van der Waals surface area contributed by atoms with Crippen LogP contribution >= 0.6 is 15.9 Å². The first-order chi connectivity index (χ1) is 13.0. The number of nitrogens with one attached hydrogen (secondary N) is 2. The summed E-state index contributed by atoms with van der Waals surface area (Å²) in [4.78, 5) is 25.0. The van der Waals surface area contributed by atoms with Gasteiger partial charge in [-0.15, -0.1) is 0 Å². The zero-order valence-electron chi connectivity index (χ0n) is 14.7. The van der Waals surface area contributed by atoms with E-state index in [1.54, 1.807) is 0 Å². The van der Waals surface area contributed by atoms with Crippen LogP contribution in [0.25, 0.3) is 0 Å². The molecule has 6 heteroatoms. The lowest BCUT2D eigenvalue weighted by atomic mass is 9.73. The molecular formula is C21H19BrN2O3. The van der Waals surface area contributed by atoms with Crippen molar-refractivity contribution in [1.29, 1.82) is 0 Å². The Hall–Kier alpha value is -2.34. The lowest BCUT2D eigenvalue weighted by Gasteiger charge is -2.45. The molecule has 1 fully saturated rings. The van der Waals surface area contributed by atoms with Crippen molar-refractivity contribution in [3.8, 4) is 5.75 Å². The van der Waals surface area contributed by atoms with E-state index in [9.17, 15) is 9.59 Å². The largest absolute Gasteiger partial charge is 0.486 e. The monoisotopic (exact) mass is 426 g/mol. The fraction of sp³-hybridized carbons (Fsp3) is 0.333. The fourth-order valence-corrected chi connectivity index (χ4v) is 5.19. The maximum Gasteiger partial charge on any atom is 0.322 e. The van der Waals surface area contributed by atoms with E-state index >= 15 is 0 Å². The van der Waals surface area contributed by atoms with Crippen LogP contribution in [-0.4, -0.2) is 17.5 Å². The summed E-state index contributed by atoms with van der Waals surface area (Å²) in [5.41, 5.74) is 1.70. The molecule has 2 atom stereocenters. The number of rotatable bonds is 0. The van der Waals surface area contributed by atoms with Gasteiger partial charge in [0.25, 0.3) is 5.91 Å². The molecule has 27 heavy (non-hydrogen) atoms. The molecule has 3 amide bonds. The molecule has 2 unspecified atom stereocenters. The van der Waals surface area contributed by atoms with Crippen LogP contribution in [0.1, 0.15) is 36.0 Å². The lowest BCUT2D eigenvalue weighted by molar-refractivity contribution is -0.128. The van der Waals surface area contributed by atoms with E-state index in [-0.39, 0.29) is 5.91 Å². The van der Waals surface area contributed by atoms with Gasteiger partial charge in [-0.3, -0.25) is 10.1 Å². The quantitative estimate of drug-likeness (QED) is 0.632. The lowest BCUT2D eigenvalue weighted by Crippen LogP contribution is -2.56. The van der Waals surface area contributed by atoms with Crippen LogP contribution in [0.3, 0.4) is 0 Å². The SMILES string of the molecule is O=C1NC(=O)C2(CC3(CCCc4ccccc4C3)Oc3ccc(Br)cc32)N1. The highest BCUT2D eigenvalue weighted by atomic mass is 79.9. The van der Waals surface area contributed by atoms with Crippen molar-refractivity contribution in [2.24, 2.45) is 0 Å². The first-order valence-corrected chi connectivity index (χ1v) is 9.99. The standard InChI is InChI=1S/C21H19BrN2O3/c22-15-7-8-17-16(10-15)21(18(25)23-19(26)24-21)12-20(27-17)9-3-6-13-4-1-2-5-14(13)11-20/h1-2,4-5,7-8,10H,3,6,9,11-12H2,(H2,23,24,25,26). The molecule has 2 heterocycles. The Kier molecular flexibility index (Phi) is 3.63. The van der Waals surface area contributed by atoms with Crippen LogP contribution in [0.15, 0.2) is 46.9 Å². The second-order valence-electron chi connectivity index (χ2n) is 7.71. The maximum absolute atomic E-state index is 12.9. The molecule has 0 saturated carbocycles. The Morgan fingerprint density at radius 1 is 1.07 bits per heavy atom. The summed E-state index contributed by atoms with van der Waals surface area (Å²) >= 11 is 3.48. The summed E-state index contributed by atoms with van der Waals surface area (Å²) in [5, 5.41) is 5.35. The molecule has 3 aliphatic rings. The van der Waals surface area contributed by atoms with E-state index in [2.05, 4.69) is 44.8 Å². The molecule has 0 radical (unpaired) electrons. The molecule has 5 nitrogen and oxygen atoms in total. The van der Waals surface area contributed by atoms with Crippen LogP contribution in [-0.2, 0) is 23.2 Å². The van der Waals surface area contributed by atoms with Crippen molar-refractivity contribution in [2.75, 3.05) is 0 Å². The molecule has 2 aromatic carbocycles. The molecule has 2 aromatic rings. The predicted molar refractivity (Wildman–Crippen MR) is 104 cm³/mol. The van der Waals surface area contributed by atoms with Gasteiger partial charge in [-0.05, 0) is 48.6 Å². The Balaban J connectivity index is 1.66. The summed E-state index contributed by atoms with van der Waals surface area (Å²) in [6.07, 6.45) is 3.97. The zero-order chi connectivity index (χ0) is 18.6. The number of hydrogen-bond acceptors (Lipinski definition) is 3. The third-order valence-electron chi connectivity index (χ3n) is 5.97. The molecular weight excluding hydrogens is 408 g/mol. The number of fused-ring (bicyclic) bond motifs is 3. The molecule has 1 aliphatic carbocycles. The van der Waals surface area contributed by atoms with E-state index in [4.69, 9.17) is 4.74 Å². The minimum Gasteiger partial charge on any atom is -0.486 e. The highest BCUT2D eigenvalue weighted by Crippen LogP contribution is 2.49. The second-order valence-corrected chi connectivity index (χ2v) is 8.63. The Morgan fingerprint density at radius 2 is 1.89 bits per heavy atom. The molecule has 1 saturated heterocycles. The number of carbonyl (C=O) groups excluding carboxylic acids is 2. The molecule has 0 bridgehead atoms. The molecule has 5 rings (SSSR count). The van der Waals surface area contributed by atoms with Gasteiger partial charge in [-0.1, -0.05) is 40.2 Å². The van der Waals surface area contributed by atoms with Crippen LogP contribution in [0, 0.1) is 0 Å². The Morgan fingerprint density at radius 3 is 2.67 bits per heavy atom. The Bertz CT molecular complexity index is 976. The summed E-state index contributed by atoms with van der Waals surface area (Å²) in [5.74, 6) is 0.369. The molecule has 138 valence electrons. The molecule has 0 aromatic heterocycles. The number of hydrogen-bond donors (Lipinski definition) is 2. The van der Waals surface area contributed by atoms with Crippen LogP contribution < -0.4 is 15.4 Å². The summed E-state index contributed by atoms with van der Waals surface area (Å²) < 4.78 is 7.42. The second kappa shape index (κ2) is 5.83. The molecule has 2 N–H and O–H groups in total. The smallest absolute Gasteiger partial charge is 0.322 e. The number of carbonyl (C=O) groups is 2. The van der Waals surface area contributed by atoms with Crippen LogP contribution in [0.4, 0.5) is 4.79 Å². The zero-order valence-corrected chi connectivity index (χ0v) is 16.3. The number of ether oxygens (including phenoxy) is 1. The average molecular weight is 427 g/mol. The van der Waals surface area contributed by atoms with Crippen LogP contribution in [0.2, 0.25) is 0 Å². The third-order valence-corrected chi connectivity index (χ3v) is 6.46. The van der Waals surface area contributed by atoms with Crippen molar-refractivity contribution in [1.82, 2.24) is 10.6 Å². The number of urea groups is 1. The number of benzene rings is 2. The number of aryl methyl sites for hydroxylation is 1. The van der Waals surface area contributed by atoms with Crippen molar-refractivity contribution >= 4 is 27.9 Å². The number of halogens is 1. The molecule has 2 aliphatic heterocycles. The minimum absolute atomic E-state index is 0.299. The highest BCUT2D eigenvalue weighted by Gasteiger charge is 2.58. The van der Waals surface area contributed by atoms with E-state index < -0.39 is 17.2 Å². The van der Waals surface area contributed by atoms with Gasteiger partial charge in [-0.2, -0.15) is 0 Å². The van der Waals surface area contributed by atoms with Gasteiger partial charge in [0.2, 0.25) is 0 Å². The average Bonchev–Trinajstić information content (AvgIpc) is 2.80. The first kappa shape index (κ1) is 16.8. The van der Waals surface area contributed by atoms with Gasteiger partial charge in [-0.25, -0.2) is 4.79 Å². The predicted octanol–water partition coefficient (Wildman–Crippen LogP) is 3.58.